The van der Waals surface area contributed by atoms with Gasteiger partial charge in [0.05, 0.1) is 0 Å². The summed E-state index contributed by atoms with van der Waals surface area (Å²) in [5, 5.41) is 0. The molecule has 0 aliphatic rings. The molecule has 0 aliphatic heterocycles. The van der Waals surface area contributed by atoms with Crippen molar-refractivity contribution in [3.63, 3.8) is 0 Å². The van der Waals surface area contributed by atoms with E-state index < -0.39 is 5.41 Å². The molecule has 0 unspecified atom stereocenters. The normalized spacial score (nSPS) is 11.7. The third-order valence-corrected chi connectivity index (χ3v) is 1.78. The second-order valence-electron chi connectivity index (χ2n) is 4.18. The fourth-order valence-corrected chi connectivity index (χ4v) is 1.04. The Balaban J connectivity index is 3.09. The number of Topliss-reactive ketones (excluding diaryl/α,β-unsaturated/α-hetero) is 1. The van der Waals surface area contributed by atoms with Gasteiger partial charge in [-0.1, -0.05) is 20.8 Å². The Morgan fingerprint density at radius 1 is 1.54 bits per heavy atom. The second kappa shape index (κ2) is 2.87. The monoisotopic (exact) mass is 181 g/mol. The zero-order valence-corrected chi connectivity index (χ0v) is 8.46. The number of aromatic nitrogens is 2. The quantitative estimate of drug-likeness (QED) is 0.663. The molecule has 0 saturated carbocycles. The van der Waals surface area contributed by atoms with Gasteiger partial charge in [0, 0.05) is 18.7 Å². The van der Waals surface area contributed by atoms with Gasteiger partial charge in [-0.15, -0.1) is 0 Å². The number of carbonyl (C=O) groups excluding carboxylic acids is 1. The van der Waals surface area contributed by atoms with Gasteiger partial charge in [-0.3, -0.25) is 4.79 Å². The average molecular weight is 181 g/mol. The fraction of sp³-hybridized carbons (Fsp3) is 0.556. The molecule has 0 radical (unpaired) electrons. The molecule has 0 aliphatic carbocycles. The van der Waals surface area contributed by atoms with Crippen molar-refractivity contribution in [1.29, 1.82) is 0 Å². The highest BCUT2D eigenvalue weighted by Crippen LogP contribution is 2.20. The van der Waals surface area contributed by atoms with Crippen LogP contribution in [0.5, 0.6) is 0 Å². The summed E-state index contributed by atoms with van der Waals surface area (Å²) in [4.78, 5) is 15.7. The molecular formula is C9H15N3O. The molecule has 1 aromatic heterocycles. The summed E-state index contributed by atoms with van der Waals surface area (Å²) >= 11 is 0. The number of hydrogen-bond acceptors (Lipinski definition) is 3. The lowest BCUT2D eigenvalue weighted by Gasteiger charge is -2.15. The van der Waals surface area contributed by atoms with Crippen molar-refractivity contribution < 1.29 is 4.79 Å². The van der Waals surface area contributed by atoms with E-state index in [4.69, 9.17) is 5.73 Å². The Morgan fingerprint density at radius 2 is 2.08 bits per heavy atom. The Hall–Kier alpha value is -1.32. The van der Waals surface area contributed by atoms with Gasteiger partial charge in [0.1, 0.15) is 5.82 Å². The molecule has 0 atom stereocenters. The van der Waals surface area contributed by atoms with Crippen LogP contribution in [0.25, 0.3) is 0 Å². The first-order valence-corrected chi connectivity index (χ1v) is 4.16. The van der Waals surface area contributed by atoms with E-state index in [1.54, 1.807) is 17.8 Å². The highest BCUT2D eigenvalue weighted by molar-refractivity contribution is 5.97. The van der Waals surface area contributed by atoms with Crippen LogP contribution in [0.15, 0.2) is 6.20 Å². The molecule has 1 aromatic rings. The number of nitrogens with two attached hydrogens (primary N) is 1. The van der Waals surface area contributed by atoms with Crippen LogP contribution >= 0.6 is 0 Å². The molecule has 13 heavy (non-hydrogen) atoms. The predicted octanol–water partition coefficient (Wildman–Crippen LogP) is 1.23. The molecule has 0 amide bonds. The fourth-order valence-electron chi connectivity index (χ4n) is 1.04. The number of nitrogen functional groups attached to an aromatic ring is 1. The van der Waals surface area contributed by atoms with Crippen molar-refractivity contribution in [2.24, 2.45) is 12.5 Å². The van der Waals surface area contributed by atoms with E-state index in [1.807, 2.05) is 20.8 Å². The molecule has 0 fully saturated rings. The summed E-state index contributed by atoms with van der Waals surface area (Å²) in [5.74, 6) is 0.812. The Morgan fingerprint density at radius 3 is 2.38 bits per heavy atom. The maximum Gasteiger partial charge on any atom is 0.203 e. The molecule has 4 nitrogen and oxygen atoms in total. The Labute approximate surface area is 77.8 Å². The number of nitrogens with zero attached hydrogens (tertiary/aromatic N) is 2. The third-order valence-electron chi connectivity index (χ3n) is 1.78. The van der Waals surface area contributed by atoms with Gasteiger partial charge in [-0.25, -0.2) is 4.98 Å². The van der Waals surface area contributed by atoms with Crippen LogP contribution in [0, 0.1) is 5.41 Å². The van der Waals surface area contributed by atoms with E-state index in [0.717, 1.165) is 0 Å². The van der Waals surface area contributed by atoms with Crippen LogP contribution in [0.3, 0.4) is 0 Å². The highest BCUT2D eigenvalue weighted by atomic mass is 16.1. The molecule has 4 heteroatoms. The minimum atomic E-state index is -0.411. The van der Waals surface area contributed by atoms with E-state index in [1.165, 1.54) is 0 Å². The van der Waals surface area contributed by atoms with Gasteiger partial charge in [-0.2, -0.15) is 0 Å². The second-order valence-corrected chi connectivity index (χ2v) is 4.18. The molecule has 0 aromatic carbocycles. The van der Waals surface area contributed by atoms with E-state index >= 15 is 0 Å². The van der Waals surface area contributed by atoms with Crippen LogP contribution in [0.2, 0.25) is 0 Å². The third kappa shape index (κ3) is 1.88. The lowest BCUT2D eigenvalue weighted by molar-refractivity contribution is 0.0843. The van der Waals surface area contributed by atoms with E-state index in [0.29, 0.717) is 11.6 Å². The molecule has 2 N–H and O–H groups in total. The van der Waals surface area contributed by atoms with Crippen LogP contribution in [-0.4, -0.2) is 15.3 Å². The summed E-state index contributed by atoms with van der Waals surface area (Å²) < 4.78 is 1.66. The summed E-state index contributed by atoms with van der Waals surface area (Å²) in [5.41, 5.74) is 5.07. The predicted molar refractivity (Wildman–Crippen MR) is 51.4 cm³/mol. The van der Waals surface area contributed by atoms with Crippen LogP contribution in [0.1, 0.15) is 31.4 Å². The maximum absolute atomic E-state index is 11.8. The molecule has 1 rings (SSSR count). The van der Waals surface area contributed by atoms with Gasteiger partial charge < -0.3 is 10.3 Å². The van der Waals surface area contributed by atoms with Gasteiger partial charge in [0.25, 0.3) is 0 Å². The standard InChI is InChI=1S/C9H15N3O/c1-9(2,3)7(13)8-11-6(10)5-12(8)4/h5H,10H2,1-4H3. The van der Waals surface area contributed by atoms with Crippen LogP contribution < -0.4 is 5.73 Å². The van der Waals surface area contributed by atoms with Crippen molar-refractivity contribution in [3.8, 4) is 0 Å². The summed E-state index contributed by atoms with van der Waals surface area (Å²) in [6, 6.07) is 0. The van der Waals surface area contributed by atoms with Gasteiger partial charge in [-0.05, 0) is 0 Å². The van der Waals surface area contributed by atoms with E-state index in [9.17, 15) is 4.79 Å². The first kappa shape index (κ1) is 9.77. The van der Waals surface area contributed by atoms with E-state index in [2.05, 4.69) is 4.98 Å². The molecule has 0 saturated heterocycles. The lowest BCUT2D eigenvalue weighted by atomic mass is 9.90. The van der Waals surface area contributed by atoms with Crippen molar-refractivity contribution in [2.75, 3.05) is 5.73 Å². The first-order valence-electron chi connectivity index (χ1n) is 4.16. The van der Waals surface area contributed by atoms with Gasteiger partial charge in [0.15, 0.2) is 5.82 Å². The summed E-state index contributed by atoms with van der Waals surface area (Å²) in [6.45, 7) is 5.58. The summed E-state index contributed by atoms with van der Waals surface area (Å²) in [7, 11) is 1.77. The molecule has 0 bridgehead atoms. The van der Waals surface area contributed by atoms with Crippen molar-refractivity contribution >= 4 is 11.6 Å². The van der Waals surface area contributed by atoms with Crippen LogP contribution in [-0.2, 0) is 7.05 Å². The van der Waals surface area contributed by atoms with Gasteiger partial charge in [0.2, 0.25) is 5.78 Å². The SMILES string of the molecule is Cn1cc(N)nc1C(=O)C(C)(C)C. The van der Waals surface area contributed by atoms with Crippen molar-refractivity contribution in [3.05, 3.63) is 12.0 Å². The van der Waals surface area contributed by atoms with E-state index in [-0.39, 0.29) is 5.78 Å². The van der Waals surface area contributed by atoms with Gasteiger partial charge >= 0.3 is 0 Å². The largest absolute Gasteiger partial charge is 0.382 e. The molecular weight excluding hydrogens is 166 g/mol. The minimum absolute atomic E-state index is 0.00620. The zero-order chi connectivity index (χ0) is 10.2. The number of ketones is 1. The number of rotatable bonds is 1. The highest BCUT2D eigenvalue weighted by Gasteiger charge is 2.26. The average Bonchev–Trinajstić information content (AvgIpc) is 2.26. The number of hydrogen-bond donors (Lipinski definition) is 1. The van der Waals surface area contributed by atoms with Crippen LogP contribution in [0.4, 0.5) is 5.82 Å². The molecule has 72 valence electrons. The lowest BCUT2D eigenvalue weighted by Crippen LogP contribution is -2.23. The van der Waals surface area contributed by atoms with Crippen molar-refractivity contribution in [1.82, 2.24) is 9.55 Å². The Kier molecular flexibility index (Phi) is 2.15. The zero-order valence-electron chi connectivity index (χ0n) is 8.46. The number of imidazole rings is 1. The summed E-state index contributed by atoms with van der Waals surface area (Å²) in [6.07, 6.45) is 1.64. The minimum Gasteiger partial charge on any atom is -0.382 e. The number of anilines is 1. The number of aryl methyl sites for hydroxylation is 1. The topological polar surface area (TPSA) is 60.9 Å². The first-order chi connectivity index (χ1) is 5.82. The maximum atomic E-state index is 11.8. The Bertz CT molecular complexity index is 333. The molecule has 0 spiro atoms. The molecule has 1 heterocycles. The number of carbonyl (C=O) groups is 1. The smallest absolute Gasteiger partial charge is 0.203 e. The van der Waals surface area contributed by atoms with Crippen molar-refractivity contribution in [2.45, 2.75) is 20.8 Å².